The first-order valence-corrected chi connectivity index (χ1v) is 6.59. The molecule has 0 radical (unpaired) electrons. The van der Waals surface area contributed by atoms with Crippen LogP contribution in [0.3, 0.4) is 0 Å². The molecule has 0 saturated heterocycles. The van der Waals surface area contributed by atoms with Crippen LogP contribution in [0.2, 0.25) is 0 Å². The summed E-state index contributed by atoms with van der Waals surface area (Å²) < 4.78 is 1.06. The van der Waals surface area contributed by atoms with Crippen LogP contribution in [-0.2, 0) is 0 Å². The summed E-state index contributed by atoms with van der Waals surface area (Å²) in [6.07, 6.45) is 7.22. The highest BCUT2D eigenvalue weighted by Gasteiger charge is 2.15. The smallest absolute Gasteiger partial charge is 0.0764 e. The van der Waals surface area contributed by atoms with E-state index in [2.05, 4.69) is 54.1 Å². The summed E-state index contributed by atoms with van der Waals surface area (Å²) in [5.74, 6) is 0.417. The van der Waals surface area contributed by atoms with Crippen molar-refractivity contribution in [3.05, 3.63) is 24.3 Å². The Labute approximate surface area is 102 Å². The van der Waals surface area contributed by atoms with Gasteiger partial charge < -0.3 is 0 Å². The maximum Gasteiger partial charge on any atom is 0.0764 e. The molecule has 2 heteroatoms. The van der Waals surface area contributed by atoms with Gasteiger partial charge in [0.25, 0.3) is 0 Å². The van der Waals surface area contributed by atoms with Crippen LogP contribution < -0.4 is 0 Å². The van der Waals surface area contributed by atoms with Gasteiger partial charge in [-0.15, -0.1) is 6.58 Å². The van der Waals surface area contributed by atoms with Crippen LogP contribution in [0.1, 0.15) is 27.2 Å². The highest BCUT2D eigenvalue weighted by Crippen LogP contribution is 2.20. The third kappa shape index (κ3) is 4.40. The number of rotatable bonds is 6. The molecule has 2 atom stereocenters. The van der Waals surface area contributed by atoms with E-state index in [1.165, 1.54) is 5.57 Å². The summed E-state index contributed by atoms with van der Waals surface area (Å²) in [6, 6.07) is 0.289. The monoisotopic (exact) mass is 305 g/mol. The zero-order valence-corrected chi connectivity index (χ0v) is 11.5. The third-order valence-electron chi connectivity index (χ3n) is 2.31. The molecular weight excluding hydrogens is 285 g/mol. The van der Waals surface area contributed by atoms with E-state index in [1.54, 1.807) is 0 Å². The maximum atomic E-state index is 4.52. The van der Waals surface area contributed by atoms with Gasteiger partial charge in [-0.3, -0.25) is 4.99 Å². The van der Waals surface area contributed by atoms with Crippen molar-refractivity contribution in [2.45, 2.75) is 33.2 Å². The molecule has 0 aromatic rings. The Morgan fingerprint density at radius 3 is 2.57 bits per heavy atom. The predicted molar refractivity (Wildman–Crippen MR) is 74.6 cm³/mol. The molecule has 1 unspecified atom stereocenters. The van der Waals surface area contributed by atoms with Crippen molar-refractivity contribution in [1.29, 1.82) is 0 Å². The van der Waals surface area contributed by atoms with Crippen LogP contribution >= 0.6 is 22.6 Å². The lowest BCUT2D eigenvalue weighted by Gasteiger charge is -2.19. The number of hydrogen-bond donors (Lipinski definition) is 0. The molecule has 0 rings (SSSR count). The lowest BCUT2D eigenvalue weighted by molar-refractivity contribution is 0.594. The van der Waals surface area contributed by atoms with Crippen molar-refractivity contribution in [1.82, 2.24) is 0 Å². The molecular formula is C12H20IN. The second kappa shape index (κ2) is 8.21. The first-order valence-electron chi connectivity index (χ1n) is 5.06. The van der Waals surface area contributed by atoms with Gasteiger partial charge in [0.1, 0.15) is 0 Å². The lowest BCUT2D eigenvalue weighted by Crippen LogP contribution is -2.17. The summed E-state index contributed by atoms with van der Waals surface area (Å²) in [5.41, 5.74) is 1.42. The van der Waals surface area contributed by atoms with Gasteiger partial charge in [0.05, 0.1) is 6.04 Å². The van der Waals surface area contributed by atoms with Crippen LogP contribution in [0.5, 0.6) is 0 Å². The van der Waals surface area contributed by atoms with Crippen molar-refractivity contribution in [3.8, 4) is 0 Å². The minimum absolute atomic E-state index is 0.289. The summed E-state index contributed by atoms with van der Waals surface area (Å²) in [4.78, 5) is 4.52. The molecule has 0 heterocycles. The van der Waals surface area contributed by atoms with Crippen LogP contribution in [0.4, 0.5) is 0 Å². The number of nitrogens with zero attached hydrogens (tertiary/aromatic N) is 1. The van der Waals surface area contributed by atoms with E-state index in [1.807, 2.05) is 19.2 Å². The topological polar surface area (TPSA) is 12.4 Å². The van der Waals surface area contributed by atoms with E-state index >= 15 is 0 Å². The van der Waals surface area contributed by atoms with Crippen molar-refractivity contribution in [2.75, 3.05) is 4.43 Å². The van der Waals surface area contributed by atoms with Gasteiger partial charge in [-0.05, 0) is 31.1 Å². The molecule has 14 heavy (non-hydrogen) atoms. The fourth-order valence-electron chi connectivity index (χ4n) is 1.43. The van der Waals surface area contributed by atoms with Gasteiger partial charge >= 0.3 is 0 Å². The molecule has 0 aromatic heterocycles. The van der Waals surface area contributed by atoms with Crippen molar-refractivity contribution >= 4 is 28.8 Å². The molecule has 0 aliphatic heterocycles. The molecule has 0 fully saturated rings. The highest BCUT2D eigenvalue weighted by molar-refractivity contribution is 14.1. The Balaban J connectivity index is 4.77. The molecule has 0 aliphatic carbocycles. The standard InChI is InChI=1S/C12H20IN/c1-5-10(4)12(14-7-3)11(6-2)8-9-13/h5,7-8,10,12H,1,6,9H2,2-4H3/b11-8+,14-7-/t10-,12?/m1/s1. The fourth-order valence-corrected chi connectivity index (χ4v) is 2.00. The summed E-state index contributed by atoms with van der Waals surface area (Å²) in [5, 5.41) is 0. The third-order valence-corrected chi connectivity index (χ3v) is 2.75. The summed E-state index contributed by atoms with van der Waals surface area (Å²) >= 11 is 2.37. The number of alkyl halides is 1. The van der Waals surface area contributed by atoms with E-state index in [0.717, 1.165) is 10.8 Å². The normalized spacial score (nSPS) is 17.0. The largest absolute Gasteiger partial charge is 0.289 e. The lowest BCUT2D eigenvalue weighted by atomic mass is 9.93. The molecule has 0 N–H and O–H groups in total. The number of allylic oxidation sites excluding steroid dienone is 1. The van der Waals surface area contributed by atoms with Gasteiger partial charge in [-0.25, -0.2) is 0 Å². The minimum atomic E-state index is 0.289. The molecule has 0 bridgehead atoms. The number of halogens is 1. The molecule has 0 aliphatic rings. The number of hydrogen-bond acceptors (Lipinski definition) is 1. The van der Waals surface area contributed by atoms with Crippen molar-refractivity contribution in [3.63, 3.8) is 0 Å². The Hall–Kier alpha value is -0.120. The Morgan fingerprint density at radius 1 is 1.57 bits per heavy atom. The quantitative estimate of drug-likeness (QED) is 0.304. The van der Waals surface area contributed by atoms with E-state index in [-0.39, 0.29) is 6.04 Å². The molecule has 80 valence electrons. The average molecular weight is 305 g/mol. The first-order chi connectivity index (χ1) is 6.71. The summed E-state index contributed by atoms with van der Waals surface area (Å²) in [6.45, 7) is 10.2. The molecule has 0 spiro atoms. The molecule has 0 amide bonds. The zero-order chi connectivity index (χ0) is 11.0. The second-order valence-corrected chi connectivity index (χ2v) is 4.11. The highest BCUT2D eigenvalue weighted by atomic mass is 127. The van der Waals surface area contributed by atoms with Crippen LogP contribution in [0.15, 0.2) is 29.3 Å². The second-order valence-electron chi connectivity index (χ2n) is 3.23. The van der Waals surface area contributed by atoms with Crippen LogP contribution in [0.25, 0.3) is 0 Å². The van der Waals surface area contributed by atoms with Gasteiger partial charge in [0, 0.05) is 4.43 Å². The zero-order valence-electron chi connectivity index (χ0n) is 9.33. The molecule has 0 aromatic carbocycles. The average Bonchev–Trinajstić information content (AvgIpc) is 2.22. The van der Waals surface area contributed by atoms with Crippen LogP contribution in [0, 0.1) is 5.92 Å². The summed E-state index contributed by atoms with van der Waals surface area (Å²) in [7, 11) is 0. The molecule has 0 saturated carbocycles. The van der Waals surface area contributed by atoms with Crippen molar-refractivity contribution < 1.29 is 0 Å². The van der Waals surface area contributed by atoms with Gasteiger partial charge in [-0.1, -0.05) is 48.6 Å². The predicted octanol–water partition coefficient (Wildman–Crippen LogP) is 4.04. The van der Waals surface area contributed by atoms with Gasteiger partial charge in [-0.2, -0.15) is 0 Å². The fraction of sp³-hybridized carbons (Fsp3) is 0.583. The minimum Gasteiger partial charge on any atom is -0.289 e. The van der Waals surface area contributed by atoms with E-state index < -0.39 is 0 Å². The van der Waals surface area contributed by atoms with Crippen LogP contribution in [-0.4, -0.2) is 16.7 Å². The Kier molecular flexibility index (Phi) is 8.14. The van der Waals surface area contributed by atoms with Crippen molar-refractivity contribution in [2.24, 2.45) is 10.9 Å². The maximum absolute atomic E-state index is 4.52. The van der Waals surface area contributed by atoms with Gasteiger partial charge in [0.2, 0.25) is 0 Å². The Morgan fingerprint density at radius 2 is 2.21 bits per heavy atom. The van der Waals surface area contributed by atoms with E-state index in [9.17, 15) is 0 Å². The first kappa shape index (κ1) is 13.9. The van der Waals surface area contributed by atoms with Gasteiger partial charge in [0.15, 0.2) is 0 Å². The SMILES string of the molecule is C=C[C@@H](C)C(/N=C\C)/C(=C/CI)CC. The van der Waals surface area contributed by atoms with E-state index in [4.69, 9.17) is 0 Å². The Bertz CT molecular complexity index is 218. The number of aliphatic imine (C=N–C) groups is 1. The van der Waals surface area contributed by atoms with E-state index in [0.29, 0.717) is 5.92 Å². The molecule has 1 nitrogen and oxygen atoms in total.